The summed E-state index contributed by atoms with van der Waals surface area (Å²) >= 11 is 0. The van der Waals surface area contributed by atoms with Crippen molar-refractivity contribution < 1.29 is 4.43 Å². The maximum absolute atomic E-state index is 6.70. The highest BCUT2D eigenvalue weighted by Crippen LogP contribution is 2.41. The second-order valence-electron chi connectivity index (χ2n) is 9.39. The van der Waals surface area contributed by atoms with Gasteiger partial charge in [0.25, 0.3) is 0 Å². The molecule has 0 aliphatic heterocycles. The topological polar surface area (TPSA) is 27.1 Å². The Hall–Kier alpha value is -1.13. The first-order chi connectivity index (χ1) is 11.0. The summed E-state index contributed by atoms with van der Waals surface area (Å²) in [6, 6.07) is 6.50. The number of pyridine rings is 1. The molecule has 2 aromatic heterocycles. The molecule has 0 radical (unpaired) electrons. The van der Waals surface area contributed by atoms with Crippen LogP contribution in [-0.2, 0) is 16.6 Å². The molecule has 0 atom stereocenters. The van der Waals surface area contributed by atoms with Gasteiger partial charge in [0, 0.05) is 18.1 Å². The minimum absolute atomic E-state index is 0.195. The highest BCUT2D eigenvalue weighted by molar-refractivity contribution is 6.74. The van der Waals surface area contributed by atoms with Crippen molar-refractivity contribution in [2.24, 2.45) is 5.92 Å². The number of rotatable bonds is 5. The molecule has 132 valence electrons. The van der Waals surface area contributed by atoms with Gasteiger partial charge in [-0.15, -0.1) is 0 Å². The predicted octanol–water partition coefficient (Wildman–Crippen LogP) is 5.70. The zero-order chi connectivity index (χ0) is 17.8. The quantitative estimate of drug-likeness (QED) is 0.650. The lowest BCUT2D eigenvalue weighted by Crippen LogP contribution is -2.46. The van der Waals surface area contributed by atoms with Crippen LogP contribution < -0.4 is 0 Å². The van der Waals surface area contributed by atoms with Crippen molar-refractivity contribution in [1.82, 2.24) is 9.55 Å². The van der Waals surface area contributed by atoms with Gasteiger partial charge < -0.3 is 8.99 Å². The fourth-order valence-electron chi connectivity index (χ4n) is 2.96. The molecule has 0 aromatic carbocycles. The van der Waals surface area contributed by atoms with Crippen LogP contribution in [0.2, 0.25) is 18.1 Å². The van der Waals surface area contributed by atoms with Crippen LogP contribution in [0.3, 0.4) is 0 Å². The number of hydrogen-bond acceptors (Lipinski definition) is 2. The molecule has 24 heavy (non-hydrogen) atoms. The van der Waals surface area contributed by atoms with Gasteiger partial charge in [-0.1, -0.05) is 20.8 Å². The van der Waals surface area contributed by atoms with Crippen molar-refractivity contribution in [2.45, 2.75) is 77.7 Å². The molecule has 0 unspecified atom stereocenters. The summed E-state index contributed by atoms with van der Waals surface area (Å²) in [5.41, 5.74) is 1.77. The van der Waals surface area contributed by atoms with Gasteiger partial charge in [0.05, 0.1) is 11.3 Å². The third-order valence-electron chi connectivity index (χ3n) is 5.70. The van der Waals surface area contributed by atoms with Crippen molar-refractivity contribution in [3.05, 3.63) is 30.1 Å². The zero-order valence-electron chi connectivity index (χ0n) is 16.3. The summed E-state index contributed by atoms with van der Waals surface area (Å²) in [6.07, 6.45) is 4.90. The molecule has 1 aliphatic rings. The Balaban J connectivity index is 1.92. The second-order valence-corrected chi connectivity index (χ2v) is 14.1. The first-order valence-electron chi connectivity index (χ1n) is 9.16. The normalized spacial score (nSPS) is 16.8. The number of hydrogen-bond donors (Lipinski definition) is 0. The Labute approximate surface area is 147 Å². The minimum Gasteiger partial charge on any atom is -0.406 e. The monoisotopic (exact) mass is 344 g/mol. The molecule has 1 aliphatic carbocycles. The summed E-state index contributed by atoms with van der Waals surface area (Å²) in [7, 11) is -1.85. The van der Waals surface area contributed by atoms with Crippen molar-refractivity contribution in [3.63, 3.8) is 0 Å². The van der Waals surface area contributed by atoms with Gasteiger partial charge in [-0.05, 0) is 68.9 Å². The predicted molar refractivity (Wildman–Crippen MR) is 104 cm³/mol. The minimum atomic E-state index is -1.85. The van der Waals surface area contributed by atoms with Crippen LogP contribution in [0.15, 0.2) is 24.4 Å². The largest absolute Gasteiger partial charge is 0.406 e. The highest BCUT2D eigenvalue weighted by Gasteiger charge is 2.42. The SMILES string of the molecule is CC(C)(O[Si](C)(C)C(C)(C)C)c1ccc2ccn(CC3CC3)c2n1. The Morgan fingerprint density at radius 3 is 2.38 bits per heavy atom. The van der Waals surface area contributed by atoms with E-state index in [1.165, 1.54) is 18.2 Å². The van der Waals surface area contributed by atoms with Gasteiger partial charge in [0.2, 0.25) is 0 Å². The number of fused-ring (bicyclic) bond motifs is 1. The van der Waals surface area contributed by atoms with Gasteiger partial charge in [0.15, 0.2) is 8.32 Å². The number of aromatic nitrogens is 2. The van der Waals surface area contributed by atoms with Crippen LogP contribution in [0.1, 0.15) is 53.2 Å². The van der Waals surface area contributed by atoms with Crippen LogP contribution in [0.4, 0.5) is 0 Å². The Kier molecular flexibility index (Phi) is 4.20. The molecule has 2 heterocycles. The smallest absolute Gasteiger partial charge is 0.193 e. The summed E-state index contributed by atoms with van der Waals surface area (Å²) in [5.74, 6) is 0.850. The fraction of sp³-hybridized carbons (Fsp3) is 0.650. The Morgan fingerprint density at radius 2 is 1.79 bits per heavy atom. The van der Waals surface area contributed by atoms with Gasteiger partial charge >= 0.3 is 0 Å². The molecule has 4 heteroatoms. The van der Waals surface area contributed by atoms with Gasteiger partial charge in [-0.3, -0.25) is 0 Å². The second kappa shape index (κ2) is 5.70. The van der Waals surface area contributed by atoms with E-state index in [0.717, 1.165) is 23.8 Å². The summed E-state index contributed by atoms with van der Waals surface area (Å²) in [6.45, 7) is 16.9. The highest BCUT2D eigenvalue weighted by atomic mass is 28.4. The van der Waals surface area contributed by atoms with Gasteiger partial charge in [-0.2, -0.15) is 0 Å². The molecule has 3 rings (SSSR count). The first kappa shape index (κ1) is 17.7. The summed E-state index contributed by atoms with van der Waals surface area (Å²) in [4.78, 5) is 5.01. The Bertz CT molecular complexity index is 736. The molecule has 0 amide bonds. The Morgan fingerprint density at radius 1 is 1.12 bits per heavy atom. The summed E-state index contributed by atoms with van der Waals surface area (Å²) < 4.78 is 9.02. The van der Waals surface area contributed by atoms with Crippen LogP contribution in [0.5, 0.6) is 0 Å². The third kappa shape index (κ3) is 3.45. The fourth-order valence-corrected chi connectivity index (χ4v) is 4.65. The van der Waals surface area contributed by atoms with Crippen molar-refractivity contribution in [3.8, 4) is 0 Å². The van der Waals surface area contributed by atoms with Crippen LogP contribution >= 0.6 is 0 Å². The molecule has 2 aromatic rings. The van der Waals surface area contributed by atoms with Crippen LogP contribution in [0, 0.1) is 5.92 Å². The van der Waals surface area contributed by atoms with E-state index in [1.54, 1.807) is 0 Å². The van der Waals surface area contributed by atoms with E-state index in [2.05, 4.69) is 76.7 Å². The van der Waals surface area contributed by atoms with E-state index in [0.29, 0.717) is 0 Å². The van der Waals surface area contributed by atoms with E-state index in [4.69, 9.17) is 9.41 Å². The maximum Gasteiger partial charge on any atom is 0.193 e. The third-order valence-corrected chi connectivity index (χ3v) is 10.3. The van der Waals surface area contributed by atoms with Gasteiger partial charge in [-0.25, -0.2) is 4.98 Å². The van der Waals surface area contributed by atoms with Crippen molar-refractivity contribution >= 4 is 19.4 Å². The molecule has 0 spiro atoms. The lowest BCUT2D eigenvalue weighted by atomic mass is 10.0. The van der Waals surface area contributed by atoms with Crippen LogP contribution in [-0.4, -0.2) is 17.9 Å². The van der Waals surface area contributed by atoms with E-state index >= 15 is 0 Å². The maximum atomic E-state index is 6.70. The summed E-state index contributed by atoms with van der Waals surface area (Å²) in [5, 5.41) is 1.42. The molecular weight excluding hydrogens is 312 g/mol. The average molecular weight is 345 g/mol. The molecule has 0 N–H and O–H groups in total. The number of nitrogens with zero attached hydrogens (tertiary/aromatic N) is 2. The average Bonchev–Trinajstić information content (AvgIpc) is 3.16. The first-order valence-corrected chi connectivity index (χ1v) is 12.1. The van der Waals surface area contributed by atoms with Crippen molar-refractivity contribution in [2.75, 3.05) is 0 Å². The lowest BCUT2D eigenvalue weighted by Gasteiger charge is -2.42. The van der Waals surface area contributed by atoms with E-state index in [9.17, 15) is 0 Å². The van der Waals surface area contributed by atoms with E-state index in [-0.39, 0.29) is 10.6 Å². The lowest BCUT2D eigenvalue weighted by molar-refractivity contribution is 0.0859. The molecule has 0 bridgehead atoms. The molecule has 3 nitrogen and oxygen atoms in total. The standard InChI is InChI=1S/C20H32N2OSi/c1-19(2,3)24(6,7)23-20(4,5)17-11-10-16-12-13-22(18(16)21-17)14-15-8-9-15/h10-13,15H,8-9,14H2,1-7H3. The van der Waals surface area contributed by atoms with E-state index in [1.807, 2.05) is 0 Å². The molecule has 1 saturated carbocycles. The molecule has 0 saturated heterocycles. The van der Waals surface area contributed by atoms with E-state index < -0.39 is 8.32 Å². The zero-order valence-corrected chi connectivity index (χ0v) is 17.3. The van der Waals surface area contributed by atoms with Gasteiger partial charge in [0.1, 0.15) is 5.65 Å². The molecular formula is C20H32N2OSi. The van der Waals surface area contributed by atoms with Crippen molar-refractivity contribution in [1.29, 1.82) is 0 Å². The van der Waals surface area contributed by atoms with Crippen LogP contribution in [0.25, 0.3) is 11.0 Å². The molecule has 1 fully saturated rings.